The van der Waals surface area contributed by atoms with Crippen molar-refractivity contribution in [3.05, 3.63) is 23.8 Å². The van der Waals surface area contributed by atoms with Gasteiger partial charge >= 0.3 is 0 Å². The molecule has 0 saturated carbocycles. The Morgan fingerprint density at radius 3 is 2.71 bits per heavy atom. The van der Waals surface area contributed by atoms with Crippen LogP contribution in [0.15, 0.2) is 18.2 Å². The third-order valence-corrected chi connectivity index (χ3v) is 2.57. The van der Waals surface area contributed by atoms with Crippen LogP contribution in [0.4, 0.5) is 11.4 Å². The quantitative estimate of drug-likeness (QED) is 0.622. The van der Waals surface area contributed by atoms with Gasteiger partial charge in [-0.2, -0.15) is 0 Å². The van der Waals surface area contributed by atoms with Crippen LogP contribution in [0.3, 0.4) is 0 Å². The molecule has 1 amide bonds. The molecule has 1 aromatic rings. The zero-order valence-corrected chi connectivity index (χ0v) is 8.74. The van der Waals surface area contributed by atoms with Gasteiger partial charge in [0.25, 0.3) is 0 Å². The van der Waals surface area contributed by atoms with Crippen LogP contribution in [0.5, 0.6) is 0 Å². The van der Waals surface area contributed by atoms with E-state index >= 15 is 0 Å². The number of amides is 1. The number of rotatable bonds is 0. The molecule has 14 heavy (non-hydrogen) atoms. The Labute approximate surface area is 83.9 Å². The van der Waals surface area contributed by atoms with Gasteiger partial charge in [-0.1, -0.05) is 6.07 Å². The molecule has 74 valence electrons. The van der Waals surface area contributed by atoms with E-state index in [9.17, 15) is 4.79 Å². The van der Waals surface area contributed by atoms with Gasteiger partial charge in [0.1, 0.15) is 0 Å². The van der Waals surface area contributed by atoms with Crippen molar-refractivity contribution in [2.75, 3.05) is 23.5 Å². The molecule has 0 atom stereocenters. The highest BCUT2D eigenvalue weighted by molar-refractivity contribution is 5.98. The number of nitrogens with zero attached hydrogens (tertiary/aromatic N) is 2. The zero-order chi connectivity index (χ0) is 10.3. The van der Waals surface area contributed by atoms with Gasteiger partial charge in [0, 0.05) is 14.0 Å². The van der Waals surface area contributed by atoms with Crippen molar-refractivity contribution in [2.24, 2.45) is 0 Å². The summed E-state index contributed by atoms with van der Waals surface area (Å²) >= 11 is 0. The van der Waals surface area contributed by atoms with Gasteiger partial charge in [-0.15, -0.1) is 0 Å². The normalized spacial score (nSPS) is 14.5. The summed E-state index contributed by atoms with van der Waals surface area (Å²) in [5.74, 6) is 0.0983. The van der Waals surface area contributed by atoms with E-state index in [-0.39, 0.29) is 5.91 Å². The summed E-state index contributed by atoms with van der Waals surface area (Å²) in [6, 6.07) is 6.19. The summed E-state index contributed by atoms with van der Waals surface area (Å²) < 4.78 is 0. The lowest BCUT2D eigenvalue weighted by molar-refractivity contribution is -0.116. The molecule has 1 aliphatic heterocycles. The number of hydrogen-bond acceptors (Lipinski definition) is 2. The number of hydrogen-bond donors (Lipinski definition) is 0. The Balaban J connectivity index is 2.51. The van der Waals surface area contributed by atoms with Crippen molar-refractivity contribution in [2.45, 2.75) is 13.8 Å². The Hall–Kier alpha value is -1.51. The predicted octanol–water partition coefficient (Wildman–Crippen LogP) is 1.76. The van der Waals surface area contributed by atoms with Crippen molar-refractivity contribution in [1.82, 2.24) is 0 Å². The maximum atomic E-state index is 11.4. The number of benzene rings is 1. The molecule has 1 aliphatic rings. The molecule has 0 spiro atoms. The second-order valence-electron chi connectivity index (χ2n) is 3.78. The van der Waals surface area contributed by atoms with E-state index in [1.54, 1.807) is 11.8 Å². The fourth-order valence-corrected chi connectivity index (χ4v) is 1.81. The Bertz CT molecular complexity index is 387. The van der Waals surface area contributed by atoms with E-state index in [2.05, 4.69) is 23.1 Å². The number of carbonyl (C=O) groups is 1. The number of fused-ring (bicyclic) bond motifs is 1. The standard InChI is InChI=1S/C11H14N2O/c1-8-4-5-10-11(6-8)13(9(2)14)7-12(10)3/h4-6H,7H2,1-3H3. The summed E-state index contributed by atoms with van der Waals surface area (Å²) in [4.78, 5) is 15.2. The molecule has 1 aromatic carbocycles. The lowest BCUT2D eigenvalue weighted by atomic mass is 10.2. The fraction of sp³-hybridized carbons (Fsp3) is 0.364. The lowest BCUT2D eigenvalue weighted by Gasteiger charge is -2.14. The maximum absolute atomic E-state index is 11.4. The van der Waals surface area contributed by atoms with Crippen LogP contribution < -0.4 is 9.80 Å². The van der Waals surface area contributed by atoms with Crippen LogP contribution in [0.25, 0.3) is 0 Å². The molecule has 0 radical (unpaired) electrons. The van der Waals surface area contributed by atoms with Crippen molar-refractivity contribution in [1.29, 1.82) is 0 Å². The van der Waals surface area contributed by atoms with Gasteiger partial charge in [-0.25, -0.2) is 0 Å². The Morgan fingerprint density at radius 2 is 2.07 bits per heavy atom. The molecule has 0 aromatic heterocycles. The molecule has 3 heteroatoms. The molecule has 0 fully saturated rings. The monoisotopic (exact) mass is 190 g/mol. The predicted molar refractivity (Wildman–Crippen MR) is 57.6 cm³/mol. The van der Waals surface area contributed by atoms with Crippen molar-refractivity contribution < 1.29 is 4.79 Å². The van der Waals surface area contributed by atoms with E-state index in [1.165, 1.54) is 5.56 Å². The average Bonchev–Trinajstić information content (AvgIpc) is 2.43. The molecule has 3 nitrogen and oxygen atoms in total. The Morgan fingerprint density at radius 1 is 1.36 bits per heavy atom. The van der Waals surface area contributed by atoms with Crippen LogP contribution in [0.2, 0.25) is 0 Å². The molecule has 0 unspecified atom stereocenters. The number of anilines is 2. The minimum atomic E-state index is 0.0983. The first kappa shape index (κ1) is 9.06. The summed E-state index contributed by atoms with van der Waals surface area (Å²) in [6.07, 6.45) is 0. The van der Waals surface area contributed by atoms with Gasteiger partial charge in [0.2, 0.25) is 5.91 Å². The van der Waals surface area contributed by atoms with Crippen molar-refractivity contribution in [3.8, 4) is 0 Å². The van der Waals surface area contributed by atoms with E-state index in [1.807, 2.05) is 14.0 Å². The molecular formula is C11H14N2O. The highest BCUT2D eigenvalue weighted by atomic mass is 16.2. The zero-order valence-electron chi connectivity index (χ0n) is 8.74. The molecule has 2 rings (SSSR count). The summed E-state index contributed by atoms with van der Waals surface area (Å²) in [5.41, 5.74) is 3.34. The minimum absolute atomic E-state index is 0.0983. The summed E-state index contributed by atoms with van der Waals surface area (Å²) in [7, 11) is 2.00. The van der Waals surface area contributed by atoms with Gasteiger partial charge in [0.05, 0.1) is 18.0 Å². The molecular weight excluding hydrogens is 176 g/mol. The number of aryl methyl sites for hydroxylation is 1. The van der Waals surface area contributed by atoms with E-state index < -0.39 is 0 Å². The molecule has 1 heterocycles. The van der Waals surface area contributed by atoms with E-state index in [0.29, 0.717) is 6.67 Å². The maximum Gasteiger partial charge on any atom is 0.225 e. The highest BCUT2D eigenvalue weighted by Crippen LogP contribution is 2.35. The topological polar surface area (TPSA) is 23.6 Å². The van der Waals surface area contributed by atoms with Crippen LogP contribution in [-0.4, -0.2) is 19.6 Å². The molecule has 0 aliphatic carbocycles. The first-order valence-corrected chi connectivity index (χ1v) is 4.69. The van der Waals surface area contributed by atoms with Crippen LogP contribution >= 0.6 is 0 Å². The van der Waals surface area contributed by atoms with Crippen molar-refractivity contribution in [3.63, 3.8) is 0 Å². The second kappa shape index (κ2) is 3.01. The third-order valence-electron chi connectivity index (χ3n) is 2.57. The first-order valence-electron chi connectivity index (χ1n) is 4.69. The van der Waals surface area contributed by atoms with Crippen molar-refractivity contribution >= 4 is 17.3 Å². The molecule has 0 bridgehead atoms. The van der Waals surface area contributed by atoms with Crippen LogP contribution in [0, 0.1) is 6.92 Å². The van der Waals surface area contributed by atoms with E-state index in [0.717, 1.165) is 11.4 Å². The highest BCUT2D eigenvalue weighted by Gasteiger charge is 2.25. The molecule has 0 saturated heterocycles. The minimum Gasteiger partial charge on any atom is -0.355 e. The Kier molecular flexibility index (Phi) is 1.95. The largest absolute Gasteiger partial charge is 0.355 e. The third kappa shape index (κ3) is 1.25. The summed E-state index contributed by atoms with van der Waals surface area (Å²) in [5, 5.41) is 0. The fourth-order valence-electron chi connectivity index (χ4n) is 1.81. The van der Waals surface area contributed by atoms with Crippen LogP contribution in [0.1, 0.15) is 12.5 Å². The second-order valence-corrected chi connectivity index (χ2v) is 3.78. The van der Waals surface area contributed by atoms with Gasteiger partial charge in [-0.3, -0.25) is 9.69 Å². The molecule has 0 N–H and O–H groups in total. The van der Waals surface area contributed by atoms with Gasteiger partial charge in [-0.05, 0) is 24.6 Å². The van der Waals surface area contributed by atoms with Crippen LogP contribution in [-0.2, 0) is 4.79 Å². The van der Waals surface area contributed by atoms with E-state index in [4.69, 9.17) is 0 Å². The average molecular weight is 190 g/mol. The lowest BCUT2D eigenvalue weighted by Crippen LogP contribution is -2.31. The van der Waals surface area contributed by atoms with Gasteiger partial charge in [0.15, 0.2) is 0 Å². The summed E-state index contributed by atoms with van der Waals surface area (Å²) in [6.45, 7) is 4.30. The number of carbonyl (C=O) groups excluding carboxylic acids is 1. The smallest absolute Gasteiger partial charge is 0.225 e. The van der Waals surface area contributed by atoms with Gasteiger partial charge < -0.3 is 4.90 Å². The SMILES string of the molecule is CC(=O)N1CN(C)c2ccc(C)cc21. The first-order chi connectivity index (χ1) is 6.59.